The van der Waals surface area contributed by atoms with E-state index < -0.39 is 0 Å². The van der Waals surface area contributed by atoms with Crippen LogP contribution in [0.15, 0.2) is 40.2 Å². The SMILES string of the molecule is O=C1COc2ccccc2N1Cc1sccc1Br. The first-order chi connectivity index (χ1) is 8.75. The van der Waals surface area contributed by atoms with E-state index in [9.17, 15) is 4.79 Å². The van der Waals surface area contributed by atoms with Gasteiger partial charge in [0, 0.05) is 9.35 Å². The number of fused-ring (bicyclic) bond motifs is 1. The number of hydrogen-bond acceptors (Lipinski definition) is 3. The highest BCUT2D eigenvalue weighted by atomic mass is 79.9. The summed E-state index contributed by atoms with van der Waals surface area (Å²) in [4.78, 5) is 14.9. The van der Waals surface area contributed by atoms with Gasteiger partial charge in [-0.2, -0.15) is 0 Å². The zero-order valence-corrected chi connectivity index (χ0v) is 11.8. The molecule has 1 aromatic heterocycles. The van der Waals surface area contributed by atoms with Gasteiger partial charge in [0.15, 0.2) is 6.61 Å². The highest BCUT2D eigenvalue weighted by Crippen LogP contribution is 2.34. The maximum atomic E-state index is 12.0. The van der Waals surface area contributed by atoms with Gasteiger partial charge >= 0.3 is 0 Å². The Balaban J connectivity index is 1.96. The second-order valence-electron chi connectivity index (χ2n) is 3.93. The Kier molecular flexibility index (Phi) is 3.09. The number of benzene rings is 1. The van der Waals surface area contributed by atoms with Gasteiger partial charge < -0.3 is 9.64 Å². The van der Waals surface area contributed by atoms with Gasteiger partial charge in [-0.25, -0.2) is 0 Å². The van der Waals surface area contributed by atoms with Crippen LogP contribution in [-0.4, -0.2) is 12.5 Å². The Hall–Kier alpha value is -1.33. The molecule has 1 aliphatic heterocycles. The average molecular weight is 324 g/mol. The lowest BCUT2D eigenvalue weighted by molar-refractivity contribution is -0.121. The average Bonchev–Trinajstić information content (AvgIpc) is 2.79. The van der Waals surface area contributed by atoms with E-state index in [1.165, 1.54) is 0 Å². The Morgan fingerprint density at radius 1 is 1.33 bits per heavy atom. The number of carbonyl (C=O) groups is 1. The minimum absolute atomic E-state index is 0.00556. The molecule has 0 aliphatic carbocycles. The van der Waals surface area contributed by atoms with Crippen LogP contribution in [0.4, 0.5) is 5.69 Å². The number of thiophene rings is 1. The Morgan fingerprint density at radius 3 is 2.94 bits per heavy atom. The Morgan fingerprint density at radius 2 is 2.17 bits per heavy atom. The molecule has 0 unspecified atom stereocenters. The molecule has 5 heteroatoms. The highest BCUT2D eigenvalue weighted by Gasteiger charge is 2.25. The summed E-state index contributed by atoms with van der Waals surface area (Å²) >= 11 is 5.13. The Bertz CT molecular complexity index is 596. The summed E-state index contributed by atoms with van der Waals surface area (Å²) in [5.74, 6) is 0.763. The lowest BCUT2D eigenvalue weighted by Gasteiger charge is -2.29. The zero-order chi connectivity index (χ0) is 12.5. The fourth-order valence-electron chi connectivity index (χ4n) is 1.91. The summed E-state index contributed by atoms with van der Waals surface area (Å²) in [5, 5.41) is 2.01. The number of ether oxygens (including phenoxy) is 1. The van der Waals surface area contributed by atoms with Crippen molar-refractivity contribution in [1.29, 1.82) is 0 Å². The zero-order valence-electron chi connectivity index (χ0n) is 9.43. The minimum Gasteiger partial charge on any atom is -0.482 e. The van der Waals surface area contributed by atoms with Crippen molar-refractivity contribution in [1.82, 2.24) is 0 Å². The first-order valence-electron chi connectivity index (χ1n) is 5.50. The summed E-state index contributed by atoms with van der Waals surface area (Å²) in [5.41, 5.74) is 0.842. The monoisotopic (exact) mass is 323 g/mol. The molecule has 18 heavy (non-hydrogen) atoms. The number of amides is 1. The Labute approximate surface area is 117 Å². The lowest BCUT2D eigenvalue weighted by Crippen LogP contribution is -2.38. The number of para-hydroxylation sites is 2. The van der Waals surface area contributed by atoms with Crippen LogP contribution < -0.4 is 9.64 Å². The van der Waals surface area contributed by atoms with Crippen LogP contribution in [0.3, 0.4) is 0 Å². The fourth-order valence-corrected chi connectivity index (χ4v) is 3.37. The van der Waals surface area contributed by atoms with Crippen molar-refractivity contribution in [3.8, 4) is 5.75 Å². The first kappa shape index (κ1) is 11.7. The molecule has 1 aromatic carbocycles. The molecule has 1 amide bonds. The molecule has 92 valence electrons. The van der Waals surface area contributed by atoms with Crippen molar-refractivity contribution in [3.63, 3.8) is 0 Å². The standard InChI is InChI=1S/C13H10BrNO2S/c14-9-5-6-18-12(9)7-15-10-3-1-2-4-11(10)17-8-13(15)16/h1-6H,7-8H2. The molecular weight excluding hydrogens is 314 g/mol. The molecule has 0 N–H and O–H groups in total. The maximum absolute atomic E-state index is 12.0. The number of hydrogen-bond donors (Lipinski definition) is 0. The van der Waals surface area contributed by atoms with Gasteiger partial charge in [-0.15, -0.1) is 11.3 Å². The second kappa shape index (κ2) is 4.74. The van der Waals surface area contributed by atoms with Gasteiger partial charge in [0.25, 0.3) is 5.91 Å². The van der Waals surface area contributed by atoms with E-state index in [-0.39, 0.29) is 12.5 Å². The van der Waals surface area contributed by atoms with E-state index in [2.05, 4.69) is 15.9 Å². The second-order valence-corrected chi connectivity index (χ2v) is 5.78. The third-order valence-corrected chi connectivity index (χ3v) is 4.71. The van der Waals surface area contributed by atoms with Crippen LogP contribution in [0.1, 0.15) is 4.88 Å². The maximum Gasteiger partial charge on any atom is 0.265 e. The van der Waals surface area contributed by atoms with E-state index in [4.69, 9.17) is 4.74 Å². The topological polar surface area (TPSA) is 29.5 Å². The van der Waals surface area contributed by atoms with Crippen LogP contribution in [0.5, 0.6) is 5.75 Å². The quantitative estimate of drug-likeness (QED) is 0.847. The first-order valence-corrected chi connectivity index (χ1v) is 7.17. The number of halogens is 1. The van der Waals surface area contributed by atoms with Crippen molar-refractivity contribution in [2.24, 2.45) is 0 Å². The summed E-state index contributed by atoms with van der Waals surface area (Å²) in [6.07, 6.45) is 0. The van der Waals surface area contributed by atoms with Gasteiger partial charge in [0.2, 0.25) is 0 Å². The molecule has 2 aromatic rings. The summed E-state index contributed by atoms with van der Waals surface area (Å²) in [7, 11) is 0. The number of rotatable bonds is 2. The fraction of sp³-hybridized carbons (Fsp3) is 0.154. The highest BCUT2D eigenvalue weighted by molar-refractivity contribution is 9.10. The van der Waals surface area contributed by atoms with Gasteiger partial charge in [-0.05, 0) is 39.5 Å². The molecule has 0 spiro atoms. The van der Waals surface area contributed by atoms with Gasteiger partial charge in [0.05, 0.1) is 12.2 Å². The van der Waals surface area contributed by atoms with Gasteiger partial charge in [0.1, 0.15) is 5.75 Å². The molecule has 1 aliphatic rings. The molecule has 2 heterocycles. The van der Waals surface area contributed by atoms with E-state index in [0.717, 1.165) is 20.8 Å². The van der Waals surface area contributed by atoms with Crippen LogP contribution in [-0.2, 0) is 11.3 Å². The molecule has 0 bridgehead atoms. The van der Waals surface area contributed by atoms with Crippen molar-refractivity contribution in [3.05, 3.63) is 45.1 Å². The number of carbonyl (C=O) groups excluding carboxylic acids is 1. The molecular formula is C13H10BrNO2S. The molecule has 0 atom stereocenters. The normalized spacial score (nSPS) is 14.3. The lowest BCUT2D eigenvalue weighted by atomic mass is 10.2. The smallest absolute Gasteiger partial charge is 0.265 e. The molecule has 3 nitrogen and oxygen atoms in total. The van der Waals surface area contributed by atoms with Crippen molar-refractivity contribution in [2.45, 2.75) is 6.54 Å². The van der Waals surface area contributed by atoms with Crippen LogP contribution in [0.2, 0.25) is 0 Å². The summed E-state index contributed by atoms with van der Waals surface area (Å²) in [6, 6.07) is 9.62. The molecule has 0 saturated carbocycles. The van der Waals surface area contributed by atoms with Crippen LogP contribution in [0, 0.1) is 0 Å². The van der Waals surface area contributed by atoms with Gasteiger partial charge in [-0.3, -0.25) is 4.79 Å². The summed E-state index contributed by atoms with van der Waals surface area (Å²) in [6.45, 7) is 0.692. The van der Waals surface area contributed by atoms with Crippen LogP contribution >= 0.6 is 27.3 Å². The minimum atomic E-state index is -0.00556. The third-order valence-electron chi connectivity index (χ3n) is 2.80. The van der Waals surface area contributed by atoms with Gasteiger partial charge in [-0.1, -0.05) is 12.1 Å². The van der Waals surface area contributed by atoms with E-state index in [1.807, 2.05) is 35.7 Å². The number of nitrogens with zero attached hydrogens (tertiary/aromatic N) is 1. The van der Waals surface area contributed by atoms with E-state index in [0.29, 0.717) is 6.54 Å². The van der Waals surface area contributed by atoms with Crippen molar-refractivity contribution >= 4 is 38.9 Å². The predicted molar refractivity (Wildman–Crippen MR) is 75.1 cm³/mol. The molecule has 3 rings (SSSR count). The largest absolute Gasteiger partial charge is 0.482 e. The van der Waals surface area contributed by atoms with Crippen LogP contribution in [0.25, 0.3) is 0 Å². The molecule has 0 fully saturated rings. The third kappa shape index (κ3) is 2.04. The molecule has 0 radical (unpaired) electrons. The van der Waals surface area contributed by atoms with E-state index >= 15 is 0 Å². The van der Waals surface area contributed by atoms with E-state index in [1.54, 1.807) is 16.2 Å². The predicted octanol–water partition coefficient (Wildman–Crippen LogP) is 3.44. The number of anilines is 1. The van der Waals surface area contributed by atoms with Crippen molar-refractivity contribution in [2.75, 3.05) is 11.5 Å². The summed E-state index contributed by atoms with van der Waals surface area (Å²) < 4.78 is 6.46. The van der Waals surface area contributed by atoms with Crippen molar-refractivity contribution < 1.29 is 9.53 Å². The molecule has 0 saturated heterocycles.